The summed E-state index contributed by atoms with van der Waals surface area (Å²) in [6.07, 6.45) is 0.497. The van der Waals surface area contributed by atoms with Crippen molar-refractivity contribution in [1.82, 2.24) is 5.32 Å². The van der Waals surface area contributed by atoms with Crippen LogP contribution in [0.2, 0.25) is 0 Å². The number of anilines is 1. The van der Waals surface area contributed by atoms with E-state index in [-0.39, 0.29) is 24.2 Å². The molecule has 0 fully saturated rings. The second-order valence-corrected chi connectivity index (χ2v) is 5.33. The van der Waals surface area contributed by atoms with Crippen molar-refractivity contribution in [2.75, 3.05) is 18.5 Å². The largest absolute Gasteiger partial charge is 0.396 e. The van der Waals surface area contributed by atoms with Crippen LogP contribution in [0.25, 0.3) is 0 Å². The maximum atomic E-state index is 13.2. The summed E-state index contributed by atoms with van der Waals surface area (Å²) in [6, 6.07) is 10.6. The first kappa shape index (κ1) is 17.6. The fraction of sp³-hybridized carbons (Fsp3) is 0.222. The van der Waals surface area contributed by atoms with Gasteiger partial charge in [-0.1, -0.05) is 0 Å². The smallest absolute Gasteiger partial charge is 0.255 e. The zero-order valence-electron chi connectivity index (χ0n) is 13.3. The summed E-state index contributed by atoms with van der Waals surface area (Å²) in [5.41, 5.74) is 1.76. The fourth-order valence-corrected chi connectivity index (χ4v) is 2.08. The molecule has 5 nitrogen and oxygen atoms in total. The van der Waals surface area contributed by atoms with E-state index in [4.69, 9.17) is 5.11 Å². The quantitative estimate of drug-likeness (QED) is 0.712. The number of aliphatic hydroxyl groups is 1. The minimum Gasteiger partial charge on any atom is -0.396 e. The van der Waals surface area contributed by atoms with Crippen molar-refractivity contribution in [2.24, 2.45) is 0 Å². The highest BCUT2D eigenvalue weighted by Gasteiger charge is 2.09. The molecule has 0 aromatic heterocycles. The number of hydrogen-bond acceptors (Lipinski definition) is 3. The molecule has 0 saturated carbocycles. The van der Waals surface area contributed by atoms with Gasteiger partial charge in [0, 0.05) is 30.0 Å². The van der Waals surface area contributed by atoms with Gasteiger partial charge in [-0.15, -0.1) is 0 Å². The standard InChI is InChI=1S/C18H19FN2O3/c1-12-11-14(5-8-16(12)19)18(24)21-15-6-3-13(4-7-15)17(23)20-9-2-10-22/h3-8,11,22H,2,9-10H2,1H3,(H,20,23)(H,21,24). The van der Waals surface area contributed by atoms with Crippen LogP contribution in [0, 0.1) is 12.7 Å². The van der Waals surface area contributed by atoms with Crippen molar-refractivity contribution in [2.45, 2.75) is 13.3 Å². The zero-order chi connectivity index (χ0) is 17.5. The highest BCUT2D eigenvalue weighted by atomic mass is 19.1. The van der Waals surface area contributed by atoms with E-state index in [1.54, 1.807) is 31.2 Å². The number of aliphatic hydroxyl groups excluding tert-OH is 1. The van der Waals surface area contributed by atoms with Gasteiger partial charge in [0.25, 0.3) is 11.8 Å². The predicted octanol–water partition coefficient (Wildman–Crippen LogP) is 2.50. The molecule has 0 unspecified atom stereocenters. The van der Waals surface area contributed by atoms with Gasteiger partial charge in [-0.2, -0.15) is 0 Å². The molecule has 6 heteroatoms. The molecule has 0 atom stereocenters. The van der Waals surface area contributed by atoms with Gasteiger partial charge in [0.2, 0.25) is 0 Å². The first-order valence-corrected chi connectivity index (χ1v) is 7.58. The molecule has 2 amide bonds. The molecule has 2 rings (SSSR count). The number of nitrogens with one attached hydrogen (secondary N) is 2. The number of aryl methyl sites for hydroxylation is 1. The summed E-state index contributed by atoms with van der Waals surface area (Å²) in [5, 5.41) is 14.1. The molecule has 2 aromatic carbocycles. The molecule has 3 N–H and O–H groups in total. The third-order valence-corrected chi connectivity index (χ3v) is 3.45. The zero-order valence-corrected chi connectivity index (χ0v) is 13.3. The first-order valence-electron chi connectivity index (χ1n) is 7.58. The van der Waals surface area contributed by atoms with Crippen LogP contribution in [0.15, 0.2) is 42.5 Å². The van der Waals surface area contributed by atoms with Crippen LogP contribution in [0.3, 0.4) is 0 Å². The van der Waals surface area contributed by atoms with Gasteiger partial charge in [-0.3, -0.25) is 9.59 Å². The Balaban J connectivity index is 1.99. The highest BCUT2D eigenvalue weighted by molar-refractivity contribution is 6.04. The summed E-state index contributed by atoms with van der Waals surface area (Å²) < 4.78 is 13.2. The summed E-state index contributed by atoms with van der Waals surface area (Å²) >= 11 is 0. The Kier molecular flexibility index (Phi) is 6.03. The second kappa shape index (κ2) is 8.21. The van der Waals surface area contributed by atoms with Gasteiger partial charge < -0.3 is 15.7 Å². The van der Waals surface area contributed by atoms with E-state index in [9.17, 15) is 14.0 Å². The Hall–Kier alpha value is -2.73. The molecule has 24 heavy (non-hydrogen) atoms. The van der Waals surface area contributed by atoms with Crippen molar-refractivity contribution in [3.8, 4) is 0 Å². The van der Waals surface area contributed by atoms with E-state index in [2.05, 4.69) is 10.6 Å². The van der Waals surface area contributed by atoms with Crippen LogP contribution < -0.4 is 10.6 Å². The van der Waals surface area contributed by atoms with Crippen LogP contribution in [-0.2, 0) is 0 Å². The molecule has 0 heterocycles. The number of benzene rings is 2. The number of amides is 2. The lowest BCUT2D eigenvalue weighted by molar-refractivity contribution is 0.0950. The molecule has 2 aromatic rings. The number of rotatable bonds is 6. The Labute approximate surface area is 139 Å². The van der Waals surface area contributed by atoms with Crippen molar-refractivity contribution < 1.29 is 19.1 Å². The van der Waals surface area contributed by atoms with Gasteiger partial charge in [0.05, 0.1) is 0 Å². The Morgan fingerprint density at radius 2 is 1.71 bits per heavy atom. The van der Waals surface area contributed by atoms with Gasteiger partial charge in [-0.05, 0) is 61.4 Å². The predicted molar refractivity (Wildman–Crippen MR) is 89.6 cm³/mol. The van der Waals surface area contributed by atoms with E-state index in [1.807, 2.05) is 0 Å². The summed E-state index contributed by atoms with van der Waals surface area (Å²) in [4.78, 5) is 24.0. The second-order valence-electron chi connectivity index (χ2n) is 5.33. The molecular formula is C18H19FN2O3. The monoisotopic (exact) mass is 330 g/mol. The lowest BCUT2D eigenvalue weighted by Gasteiger charge is -2.08. The molecular weight excluding hydrogens is 311 g/mol. The molecule has 0 aliphatic rings. The van der Waals surface area contributed by atoms with Crippen LogP contribution >= 0.6 is 0 Å². The van der Waals surface area contributed by atoms with Crippen molar-refractivity contribution in [3.63, 3.8) is 0 Å². The number of halogens is 1. The minimum atomic E-state index is -0.358. The van der Waals surface area contributed by atoms with Gasteiger partial charge in [0.15, 0.2) is 0 Å². The minimum absolute atomic E-state index is 0.0219. The van der Waals surface area contributed by atoms with E-state index < -0.39 is 0 Å². The lowest BCUT2D eigenvalue weighted by Crippen LogP contribution is -2.25. The van der Waals surface area contributed by atoms with Crippen molar-refractivity contribution >= 4 is 17.5 Å². The molecule has 0 bridgehead atoms. The summed E-state index contributed by atoms with van der Waals surface area (Å²) in [6.45, 7) is 2.02. The third-order valence-electron chi connectivity index (χ3n) is 3.45. The first-order chi connectivity index (χ1) is 11.5. The molecule has 0 aliphatic carbocycles. The average molecular weight is 330 g/mol. The highest BCUT2D eigenvalue weighted by Crippen LogP contribution is 2.14. The molecule has 0 radical (unpaired) electrons. The third kappa shape index (κ3) is 4.63. The molecule has 126 valence electrons. The van der Waals surface area contributed by atoms with Gasteiger partial charge >= 0.3 is 0 Å². The number of hydrogen-bond donors (Lipinski definition) is 3. The van der Waals surface area contributed by atoms with Gasteiger partial charge in [0.1, 0.15) is 5.82 Å². The SMILES string of the molecule is Cc1cc(C(=O)Nc2ccc(C(=O)NCCCO)cc2)ccc1F. The Bertz CT molecular complexity index is 730. The summed E-state index contributed by atoms with van der Waals surface area (Å²) in [5.74, 6) is -0.947. The molecule has 0 spiro atoms. The van der Waals surface area contributed by atoms with Gasteiger partial charge in [-0.25, -0.2) is 4.39 Å². The van der Waals surface area contributed by atoms with E-state index in [0.29, 0.717) is 35.3 Å². The van der Waals surface area contributed by atoms with Crippen LogP contribution in [0.5, 0.6) is 0 Å². The van der Waals surface area contributed by atoms with Crippen molar-refractivity contribution in [1.29, 1.82) is 0 Å². The summed E-state index contributed by atoms with van der Waals surface area (Å²) in [7, 11) is 0. The van der Waals surface area contributed by atoms with Crippen LogP contribution in [0.4, 0.5) is 10.1 Å². The van der Waals surface area contributed by atoms with E-state index in [0.717, 1.165) is 0 Å². The van der Waals surface area contributed by atoms with Crippen LogP contribution in [-0.4, -0.2) is 30.1 Å². The maximum absolute atomic E-state index is 13.2. The van der Waals surface area contributed by atoms with E-state index >= 15 is 0 Å². The Morgan fingerprint density at radius 1 is 1.04 bits per heavy atom. The molecule has 0 saturated heterocycles. The van der Waals surface area contributed by atoms with E-state index in [1.165, 1.54) is 18.2 Å². The molecule has 0 aliphatic heterocycles. The Morgan fingerprint density at radius 3 is 2.33 bits per heavy atom. The van der Waals surface area contributed by atoms with Crippen LogP contribution in [0.1, 0.15) is 32.7 Å². The fourth-order valence-electron chi connectivity index (χ4n) is 2.08. The van der Waals surface area contributed by atoms with Crippen molar-refractivity contribution in [3.05, 3.63) is 65.0 Å². The lowest BCUT2D eigenvalue weighted by atomic mass is 10.1. The average Bonchev–Trinajstić information content (AvgIpc) is 2.58. The topological polar surface area (TPSA) is 78.4 Å². The number of carbonyl (C=O) groups excluding carboxylic acids is 2. The number of carbonyl (C=O) groups is 2. The maximum Gasteiger partial charge on any atom is 0.255 e. The normalized spacial score (nSPS) is 10.3.